The zero-order valence-corrected chi connectivity index (χ0v) is 15.5. The Morgan fingerprint density at radius 2 is 1.88 bits per heavy atom. The van der Waals surface area contributed by atoms with E-state index in [-0.39, 0.29) is 17.8 Å². The smallest absolute Gasteiger partial charge is 0.223 e. The molecule has 5 heteroatoms. The first kappa shape index (κ1) is 19.1. The number of Topliss-reactive ketones (excluding diaryl/α,β-unsaturated/α-hetero) is 1. The van der Waals surface area contributed by atoms with Crippen LogP contribution in [0, 0.1) is 0 Å². The fourth-order valence-electron chi connectivity index (χ4n) is 3.87. The number of nitrogens with zero attached hydrogens (tertiary/aromatic N) is 1. The van der Waals surface area contributed by atoms with Gasteiger partial charge in [-0.05, 0) is 62.3 Å². The highest BCUT2D eigenvalue weighted by molar-refractivity contribution is 5.98. The van der Waals surface area contributed by atoms with Gasteiger partial charge in [0.05, 0.1) is 6.10 Å². The van der Waals surface area contributed by atoms with Crippen molar-refractivity contribution < 1.29 is 14.3 Å². The molecular formula is C21H30N2O3. The lowest BCUT2D eigenvalue weighted by atomic mass is 10.0. The van der Waals surface area contributed by atoms with Crippen molar-refractivity contribution >= 4 is 11.7 Å². The predicted octanol–water partition coefficient (Wildman–Crippen LogP) is 2.49. The number of ketones is 1. The molecule has 1 fully saturated rings. The summed E-state index contributed by atoms with van der Waals surface area (Å²) in [6.07, 6.45) is 6.81. The third kappa shape index (κ3) is 4.92. The molecule has 1 aliphatic carbocycles. The Hall–Kier alpha value is -1.72. The Kier molecular flexibility index (Phi) is 6.80. The number of hydrogen-bond donors (Lipinski definition) is 1. The van der Waals surface area contributed by atoms with Crippen LogP contribution < -0.4 is 5.73 Å². The molecule has 0 atom stereocenters. The van der Waals surface area contributed by atoms with E-state index in [1.807, 2.05) is 17.0 Å². The van der Waals surface area contributed by atoms with Gasteiger partial charge in [-0.3, -0.25) is 9.59 Å². The number of amides is 1. The van der Waals surface area contributed by atoms with E-state index in [1.54, 1.807) is 0 Å². The summed E-state index contributed by atoms with van der Waals surface area (Å²) >= 11 is 0. The number of likely N-dealkylation sites (tertiary alicyclic amines) is 1. The van der Waals surface area contributed by atoms with Crippen molar-refractivity contribution in [3.63, 3.8) is 0 Å². The predicted molar refractivity (Wildman–Crippen MR) is 101 cm³/mol. The second kappa shape index (κ2) is 9.28. The lowest BCUT2D eigenvalue weighted by Gasteiger charge is -2.32. The van der Waals surface area contributed by atoms with E-state index in [1.165, 1.54) is 17.5 Å². The number of nitrogens with two attached hydrogens (primary N) is 1. The molecule has 3 rings (SSSR count). The lowest BCUT2D eigenvalue weighted by molar-refractivity contribution is -0.133. The maximum atomic E-state index is 12.4. The molecule has 0 unspecified atom stereocenters. The number of fused-ring (bicyclic) bond motifs is 1. The number of benzene rings is 1. The van der Waals surface area contributed by atoms with Crippen LogP contribution in [0.3, 0.4) is 0 Å². The molecule has 1 aliphatic heterocycles. The fourth-order valence-corrected chi connectivity index (χ4v) is 3.87. The van der Waals surface area contributed by atoms with E-state index in [0.29, 0.717) is 26.0 Å². The number of rotatable bonds is 8. The van der Waals surface area contributed by atoms with E-state index < -0.39 is 0 Å². The zero-order chi connectivity index (χ0) is 18.4. The van der Waals surface area contributed by atoms with Crippen molar-refractivity contribution in [1.29, 1.82) is 0 Å². The Bertz CT molecular complexity index is 636. The molecule has 2 N–H and O–H groups in total. The quantitative estimate of drug-likeness (QED) is 0.572. The van der Waals surface area contributed by atoms with Gasteiger partial charge in [-0.15, -0.1) is 0 Å². The highest BCUT2D eigenvalue weighted by atomic mass is 16.5. The summed E-state index contributed by atoms with van der Waals surface area (Å²) in [5.74, 6) is 0.160. The molecule has 1 heterocycles. The summed E-state index contributed by atoms with van der Waals surface area (Å²) in [5.41, 5.74) is 8.90. The van der Waals surface area contributed by atoms with Gasteiger partial charge in [0.25, 0.3) is 0 Å². The minimum Gasteiger partial charge on any atom is -0.378 e. The van der Waals surface area contributed by atoms with Crippen molar-refractivity contribution in [2.45, 2.75) is 57.5 Å². The zero-order valence-electron chi connectivity index (χ0n) is 15.5. The van der Waals surface area contributed by atoms with Crippen LogP contribution in [0.4, 0.5) is 0 Å². The molecule has 5 nitrogen and oxygen atoms in total. The standard InChI is InChI=1S/C21H30N2O3/c22-11-2-14-26-19-9-12-23(13-10-19)21(25)8-7-20(24)18-6-5-16-3-1-4-17(16)15-18/h5-6,15,19H,1-4,7-14,22H2. The third-order valence-electron chi connectivity index (χ3n) is 5.48. The monoisotopic (exact) mass is 358 g/mol. The first-order valence-corrected chi connectivity index (χ1v) is 9.92. The summed E-state index contributed by atoms with van der Waals surface area (Å²) in [6.45, 7) is 2.79. The Morgan fingerprint density at radius 1 is 1.12 bits per heavy atom. The number of ether oxygens (including phenoxy) is 1. The van der Waals surface area contributed by atoms with Crippen molar-refractivity contribution in [2.24, 2.45) is 5.73 Å². The fraction of sp³-hybridized carbons (Fsp3) is 0.619. The number of carbonyl (C=O) groups is 2. The van der Waals surface area contributed by atoms with Crippen LogP contribution in [-0.4, -0.2) is 48.9 Å². The number of hydrogen-bond acceptors (Lipinski definition) is 4. The van der Waals surface area contributed by atoms with Crippen LogP contribution in [0.2, 0.25) is 0 Å². The molecular weight excluding hydrogens is 328 g/mol. The summed E-state index contributed by atoms with van der Waals surface area (Å²) in [6, 6.07) is 6.02. The molecule has 0 radical (unpaired) electrons. The molecule has 26 heavy (non-hydrogen) atoms. The van der Waals surface area contributed by atoms with Crippen molar-refractivity contribution in [2.75, 3.05) is 26.2 Å². The first-order valence-electron chi connectivity index (χ1n) is 9.92. The van der Waals surface area contributed by atoms with Gasteiger partial charge in [0, 0.05) is 38.1 Å². The molecule has 1 saturated heterocycles. The van der Waals surface area contributed by atoms with Gasteiger partial charge in [0.15, 0.2) is 5.78 Å². The highest BCUT2D eigenvalue weighted by Gasteiger charge is 2.23. The largest absolute Gasteiger partial charge is 0.378 e. The third-order valence-corrected chi connectivity index (χ3v) is 5.48. The van der Waals surface area contributed by atoms with Gasteiger partial charge >= 0.3 is 0 Å². The van der Waals surface area contributed by atoms with E-state index >= 15 is 0 Å². The molecule has 0 bridgehead atoms. The Balaban J connectivity index is 1.41. The molecule has 0 saturated carbocycles. The van der Waals surface area contributed by atoms with E-state index in [0.717, 1.165) is 50.8 Å². The van der Waals surface area contributed by atoms with Gasteiger partial charge in [-0.1, -0.05) is 12.1 Å². The van der Waals surface area contributed by atoms with E-state index in [2.05, 4.69) is 6.07 Å². The van der Waals surface area contributed by atoms with Gasteiger partial charge in [0.1, 0.15) is 0 Å². The molecule has 1 amide bonds. The van der Waals surface area contributed by atoms with Crippen molar-refractivity contribution in [3.8, 4) is 0 Å². The van der Waals surface area contributed by atoms with Gasteiger partial charge in [-0.25, -0.2) is 0 Å². The highest BCUT2D eigenvalue weighted by Crippen LogP contribution is 2.23. The molecule has 1 aromatic rings. The summed E-state index contributed by atoms with van der Waals surface area (Å²) in [4.78, 5) is 26.7. The van der Waals surface area contributed by atoms with Crippen molar-refractivity contribution in [3.05, 3.63) is 34.9 Å². The average Bonchev–Trinajstić information content (AvgIpc) is 3.14. The average molecular weight is 358 g/mol. The van der Waals surface area contributed by atoms with E-state index in [9.17, 15) is 9.59 Å². The van der Waals surface area contributed by atoms with Gasteiger partial charge in [0.2, 0.25) is 5.91 Å². The second-order valence-corrected chi connectivity index (χ2v) is 7.35. The lowest BCUT2D eigenvalue weighted by Crippen LogP contribution is -2.41. The topological polar surface area (TPSA) is 72.6 Å². The second-order valence-electron chi connectivity index (χ2n) is 7.35. The maximum absolute atomic E-state index is 12.4. The Labute approximate surface area is 155 Å². The van der Waals surface area contributed by atoms with Gasteiger partial charge in [-0.2, -0.15) is 0 Å². The minimum absolute atomic E-state index is 0.0769. The SMILES string of the molecule is NCCCOC1CCN(C(=O)CCC(=O)c2ccc3c(c2)CCC3)CC1. The Morgan fingerprint density at radius 3 is 2.65 bits per heavy atom. The van der Waals surface area contributed by atoms with Gasteiger partial charge < -0.3 is 15.4 Å². The summed E-state index contributed by atoms with van der Waals surface area (Å²) < 4.78 is 5.77. The van der Waals surface area contributed by atoms with Crippen LogP contribution in [0.25, 0.3) is 0 Å². The van der Waals surface area contributed by atoms with E-state index in [4.69, 9.17) is 10.5 Å². The molecule has 1 aromatic carbocycles. The summed E-state index contributed by atoms with van der Waals surface area (Å²) in [7, 11) is 0. The number of carbonyl (C=O) groups excluding carboxylic acids is 2. The number of aryl methyl sites for hydroxylation is 2. The first-order chi connectivity index (χ1) is 12.7. The van der Waals surface area contributed by atoms with Crippen LogP contribution in [0.1, 0.15) is 60.0 Å². The normalized spacial score (nSPS) is 17.3. The molecule has 2 aliphatic rings. The van der Waals surface area contributed by atoms with Crippen LogP contribution >= 0.6 is 0 Å². The molecule has 142 valence electrons. The minimum atomic E-state index is 0.0769. The van der Waals surface area contributed by atoms with Crippen LogP contribution in [0.15, 0.2) is 18.2 Å². The number of piperidine rings is 1. The van der Waals surface area contributed by atoms with Crippen molar-refractivity contribution in [1.82, 2.24) is 4.90 Å². The maximum Gasteiger partial charge on any atom is 0.223 e. The van der Waals surface area contributed by atoms with Crippen LogP contribution in [-0.2, 0) is 22.4 Å². The summed E-state index contributed by atoms with van der Waals surface area (Å²) in [5, 5.41) is 0. The molecule has 0 aromatic heterocycles. The van der Waals surface area contributed by atoms with Crippen LogP contribution in [0.5, 0.6) is 0 Å². The molecule has 0 spiro atoms.